The van der Waals surface area contributed by atoms with Crippen molar-refractivity contribution in [2.75, 3.05) is 43.5 Å². The minimum Gasteiger partial charge on any atom is -0.465 e. The summed E-state index contributed by atoms with van der Waals surface area (Å²) in [5, 5.41) is 3.52. The molecule has 0 bridgehead atoms. The quantitative estimate of drug-likeness (QED) is 0.814. The van der Waals surface area contributed by atoms with E-state index in [0.29, 0.717) is 36.8 Å². The van der Waals surface area contributed by atoms with Gasteiger partial charge < -0.3 is 19.9 Å². The number of carbonyl (C=O) groups is 2. The molecule has 27 heavy (non-hydrogen) atoms. The molecule has 1 aliphatic heterocycles. The number of benzene rings is 2. The highest BCUT2D eigenvalue weighted by atomic mass is 35.5. The highest BCUT2D eigenvalue weighted by Crippen LogP contribution is 2.22. The van der Waals surface area contributed by atoms with E-state index in [1.165, 1.54) is 7.11 Å². The molecule has 2 amide bonds. The van der Waals surface area contributed by atoms with Crippen molar-refractivity contribution < 1.29 is 14.3 Å². The first-order valence-electron chi connectivity index (χ1n) is 8.73. The lowest BCUT2D eigenvalue weighted by Gasteiger charge is -2.36. The fraction of sp³-hybridized carbons (Fsp3) is 0.300. The number of methoxy groups -OCH3 is 1. The number of esters is 1. The van der Waals surface area contributed by atoms with Crippen LogP contribution >= 0.6 is 11.6 Å². The predicted octanol–water partition coefficient (Wildman–Crippen LogP) is 3.79. The number of aryl methyl sites for hydroxylation is 1. The Labute approximate surface area is 163 Å². The lowest BCUT2D eigenvalue weighted by atomic mass is 10.1. The van der Waals surface area contributed by atoms with Crippen molar-refractivity contribution in [1.82, 2.24) is 4.90 Å². The first kappa shape index (κ1) is 19.0. The van der Waals surface area contributed by atoms with Crippen LogP contribution in [0.3, 0.4) is 0 Å². The SMILES string of the molecule is COC(=O)c1cccc(N2CCN(C(=O)Nc3cc(Cl)ccc3C)CC2)c1. The smallest absolute Gasteiger partial charge is 0.337 e. The molecule has 1 heterocycles. The van der Waals surface area contributed by atoms with Gasteiger partial charge in [-0.3, -0.25) is 0 Å². The van der Waals surface area contributed by atoms with Crippen LogP contribution in [0.15, 0.2) is 42.5 Å². The molecule has 2 aromatic rings. The van der Waals surface area contributed by atoms with Gasteiger partial charge in [0.05, 0.1) is 12.7 Å². The van der Waals surface area contributed by atoms with Crippen LogP contribution in [0.25, 0.3) is 0 Å². The van der Waals surface area contributed by atoms with Crippen LogP contribution in [0.4, 0.5) is 16.2 Å². The Morgan fingerprint density at radius 1 is 1.07 bits per heavy atom. The van der Waals surface area contributed by atoms with Crippen molar-refractivity contribution in [3.05, 3.63) is 58.6 Å². The number of nitrogens with zero attached hydrogens (tertiary/aromatic N) is 2. The standard InChI is InChI=1S/C20H22ClN3O3/c1-14-6-7-16(21)13-18(14)22-20(26)24-10-8-23(9-11-24)17-5-3-4-15(12-17)19(25)27-2/h3-7,12-13H,8-11H2,1-2H3,(H,22,26). The molecule has 0 aromatic heterocycles. The molecular formula is C20H22ClN3O3. The van der Waals surface area contributed by atoms with Crippen LogP contribution < -0.4 is 10.2 Å². The second-order valence-corrected chi connectivity index (χ2v) is 6.84. The van der Waals surface area contributed by atoms with Gasteiger partial charge in [-0.25, -0.2) is 9.59 Å². The number of piperazine rings is 1. The Balaban J connectivity index is 1.61. The highest BCUT2D eigenvalue weighted by Gasteiger charge is 2.22. The molecule has 7 heteroatoms. The van der Waals surface area contributed by atoms with Crippen molar-refractivity contribution in [3.63, 3.8) is 0 Å². The van der Waals surface area contributed by atoms with Crippen LogP contribution in [-0.2, 0) is 4.74 Å². The molecule has 2 aromatic carbocycles. The molecule has 3 rings (SSSR count). The average Bonchev–Trinajstić information content (AvgIpc) is 2.70. The molecule has 0 spiro atoms. The van der Waals surface area contributed by atoms with E-state index in [1.807, 2.05) is 31.2 Å². The van der Waals surface area contributed by atoms with Crippen molar-refractivity contribution in [1.29, 1.82) is 0 Å². The second kappa shape index (κ2) is 8.31. The Morgan fingerprint density at radius 2 is 1.81 bits per heavy atom. The summed E-state index contributed by atoms with van der Waals surface area (Å²) < 4.78 is 4.77. The van der Waals surface area contributed by atoms with Crippen LogP contribution in [0.1, 0.15) is 15.9 Å². The minimum absolute atomic E-state index is 0.136. The number of halogens is 1. The number of hydrogen-bond donors (Lipinski definition) is 1. The number of anilines is 2. The molecule has 142 valence electrons. The van der Waals surface area contributed by atoms with Gasteiger partial charge in [0.1, 0.15) is 0 Å². The average molecular weight is 388 g/mol. The van der Waals surface area contributed by atoms with E-state index in [9.17, 15) is 9.59 Å². The lowest BCUT2D eigenvalue weighted by molar-refractivity contribution is 0.0600. The number of amides is 2. The Bertz CT molecular complexity index is 848. The first-order valence-corrected chi connectivity index (χ1v) is 9.11. The Hall–Kier alpha value is -2.73. The molecule has 0 unspecified atom stereocenters. The third-order valence-corrected chi connectivity index (χ3v) is 4.88. The van der Waals surface area contributed by atoms with Crippen molar-refractivity contribution in [3.8, 4) is 0 Å². The van der Waals surface area contributed by atoms with E-state index in [-0.39, 0.29) is 12.0 Å². The van der Waals surface area contributed by atoms with Crippen molar-refractivity contribution in [2.24, 2.45) is 0 Å². The summed E-state index contributed by atoms with van der Waals surface area (Å²) in [6, 6.07) is 12.6. The number of urea groups is 1. The third kappa shape index (κ3) is 4.52. The second-order valence-electron chi connectivity index (χ2n) is 6.41. The Morgan fingerprint density at radius 3 is 2.52 bits per heavy atom. The largest absolute Gasteiger partial charge is 0.465 e. The van der Waals surface area contributed by atoms with E-state index in [1.54, 1.807) is 23.1 Å². The zero-order valence-electron chi connectivity index (χ0n) is 15.4. The number of hydrogen-bond acceptors (Lipinski definition) is 4. The highest BCUT2D eigenvalue weighted by molar-refractivity contribution is 6.31. The summed E-state index contributed by atoms with van der Waals surface area (Å²) in [5.74, 6) is -0.355. The van der Waals surface area contributed by atoms with Crippen LogP contribution in [0.5, 0.6) is 0 Å². The fourth-order valence-corrected chi connectivity index (χ4v) is 3.21. The zero-order chi connectivity index (χ0) is 19.4. The zero-order valence-corrected chi connectivity index (χ0v) is 16.1. The molecule has 0 atom stereocenters. The molecule has 1 aliphatic rings. The van der Waals surface area contributed by atoms with E-state index in [0.717, 1.165) is 16.9 Å². The normalized spacial score (nSPS) is 14.0. The van der Waals surface area contributed by atoms with Crippen molar-refractivity contribution >= 4 is 35.0 Å². The summed E-state index contributed by atoms with van der Waals surface area (Å²) in [5.41, 5.74) is 3.15. The molecular weight excluding hydrogens is 366 g/mol. The van der Waals surface area contributed by atoms with Gasteiger partial charge in [-0.15, -0.1) is 0 Å². The summed E-state index contributed by atoms with van der Waals surface area (Å²) in [6.45, 7) is 4.49. The van der Waals surface area contributed by atoms with Gasteiger partial charge >= 0.3 is 12.0 Å². The summed E-state index contributed by atoms with van der Waals surface area (Å²) >= 11 is 6.01. The topological polar surface area (TPSA) is 61.9 Å². The molecule has 1 saturated heterocycles. The van der Waals surface area contributed by atoms with Crippen molar-refractivity contribution in [2.45, 2.75) is 6.92 Å². The Kier molecular flexibility index (Phi) is 5.86. The monoisotopic (exact) mass is 387 g/mol. The molecule has 6 nitrogen and oxygen atoms in total. The number of ether oxygens (including phenoxy) is 1. The van der Waals surface area contributed by atoms with Gasteiger partial charge in [0.25, 0.3) is 0 Å². The van der Waals surface area contributed by atoms with Crippen LogP contribution in [0.2, 0.25) is 5.02 Å². The molecule has 0 aliphatic carbocycles. The summed E-state index contributed by atoms with van der Waals surface area (Å²) in [6.07, 6.45) is 0. The predicted molar refractivity (Wildman–Crippen MR) is 107 cm³/mol. The van der Waals surface area contributed by atoms with E-state index >= 15 is 0 Å². The van der Waals surface area contributed by atoms with E-state index in [2.05, 4.69) is 10.2 Å². The first-order chi connectivity index (χ1) is 13.0. The maximum absolute atomic E-state index is 12.5. The molecule has 0 saturated carbocycles. The molecule has 1 fully saturated rings. The minimum atomic E-state index is -0.355. The van der Waals surface area contributed by atoms with Crippen LogP contribution in [0, 0.1) is 6.92 Å². The van der Waals surface area contributed by atoms with Gasteiger partial charge in [0.2, 0.25) is 0 Å². The van der Waals surface area contributed by atoms with Gasteiger partial charge in [-0.05, 0) is 42.8 Å². The maximum atomic E-state index is 12.5. The lowest BCUT2D eigenvalue weighted by Crippen LogP contribution is -2.50. The third-order valence-electron chi connectivity index (χ3n) is 4.64. The summed E-state index contributed by atoms with van der Waals surface area (Å²) in [7, 11) is 1.37. The maximum Gasteiger partial charge on any atom is 0.337 e. The van der Waals surface area contributed by atoms with E-state index < -0.39 is 0 Å². The fourth-order valence-electron chi connectivity index (χ4n) is 3.04. The van der Waals surface area contributed by atoms with E-state index in [4.69, 9.17) is 16.3 Å². The van der Waals surface area contributed by atoms with Crippen LogP contribution in [-0.4, -0.2) is 50.2 Å². The number of carbonyl (C=O) groups excluding carboxylic acids is 2. The summed E-state index contributed by atoms with van der Waals surface area (Å²) in [4.78, 5) is 28.2. The van der Waals surface area contributed by atoms with Gasteiger partial charge in [0, 0.05) is 42.6 Å². The number of nitrogens with one attached hydrogen (secondary N) is 1. The molecule has 0 radical (unpaired) electrons. The van der Waals surface area contributed by atoms with Gasteiger partial charge in [-0.2, -0.15) is 0 Å². The van der Waals surface area contributed by atoms with Gasteiger partial charge in [-0.1, -0.05) is 23.7 Å². The van der Waals surface area contributed by atoms with Gasteiger partial charge in [0.15, 0.2) is 0 Å². The molecule has 1 N–H and O–H groups in total. The number of rotatable bonds is 3.